The molecule has 10 rings (SSSR count). The molecule has 1 aliphatic carbocycles. The Kier molecular flexibility index (Phi) is 4.58. The van der Waals surface area contributed by atoms with Gasteiger partial charge in [-0.15, -0.1) is 0 Å². The number of para-hydroxylation sites is 1. The first-order valence-electron chi connectivity index (χ1n) is 15.4. The second-order valence-electron chi connectivity index (χ2n) is 12.8. The lowest BCUT2D eigenvalue weighted by molar-refractivity contribution is 0.620. The van der Waals surface area contributed by atoms with Crippen LogP contribution in [0.5, 0.6) is 0 Å². The molecule has 1 heterocycles. The Morgan fingerprint density at radius 3 is 1.89 bits per heavy atom. The van der Waals surface area contributed by atoms with E-state index in [4.69, 9.17) is 4.42 Å². The summed E-state index contributed by atoms with van der Waals surface area (Å²) in [6, 6.07) is 49.1. The van der Waals surface area contributed by atoms with Crippen molar-refractivity contribution in [3.05, 3.63) is 145 Å². The zero-order chi connectivity index (χ0) is 29.2. The minimum Gasteiger partial charge on any atom is -0.456 e. The monoisotopic (exact) mass is 560 g/mol. The van der Waals surface area contributed by atoms with E-state index >= 15 is 0 Å². The highest BCUT2D eigenvalue weighted by atomic mass is 16.3. The average molecular weight is 561 g/mol. The fourth-order valence-electron chi connectivity index (χ4n) is 8.25. The first-order chi connectivity index (χ1) is 21.6. The normalized spacial score (nSPS) is 13.9. The van der Waals surface area contributed by atoms with Crippen molar-refractivity contribution in [1.29, 1.82) is 0 Å². The van der Waals surface area contributed by atoms with Crippen LogP contribution in [0.1, 0.15) is 25.0 Å². The molecule has 9 aromatic rings. The number of hydrogen-bond acceptors (Lipinski definition) is 1. The van der Waals surface area contributed by atoms with Gasteiger partial charge >= 0.3 is 0 Å². The molecule has 0 fully saturated rings. The Labute approximate surface area is 255 Å². The number of rotatable bonds is 2. The molecule has 0 atom stereocenters. The third kappa shape index (κ3) is 2.99. The van der Waals surface area contributed by atoms with E-state index in [2.05, 4.69) is 147 Å². The predicted octanol–water partition coefficient (Wildman–Crippen LogP) is 12.1. The van der Waals surface area contributed by atoms with E-state index in [-0.39, 0.29) is 5.41 Å². The van der Waals surface area contributed by atoms with Crippen molar-refractivity contribution in [2.45, 2.75) is 19.3 Å². The summed E-state index contributed by atoms with van der Waals surface area (Å²) in [4.78, 5) is 0. The third-order valence-corrected chi connectivity index (χ3v) is 10.2. The van der Waals surface area contributed by atoms with Crippen LogP contribution in [-0.2, 0) is 5.41 Å². The van der Waals surface area contributed by atoms with Gasteiger partial charge < -0.3 is 4.42 Å². The van der Waals surface area contributed by atoms with Gasteiger partial charge in [0.15, 0.2) is 0 Å². The van der Waals surface area contributed by atoms with Crippen LogP contribution in [0, 0.1) is 0 Å². The second-order valence-corrected chi connectivity index (χ2v) is 12.8. The van der Waals surface area contributed by atoms with E-state index in [1.54, 1.807) is 0 Å². The largest absolute Gasteiger partial charge is 0.456 e. The van der Waals surface area contributed by atoms with Crippen molar-refractivity contribution in [3.63, 3.8) is 0 Å². The van der Waals surface area contributed by atoms with Crippen LogP contribution in [0.15, 0.2) is 138 Å². The molecule has 0 unspecified atom stereocenters. The number of benzene rings is 8. The molecule has 0 saturated heterocycles. The Bertz CT molecular complexity index is 2620. The van der Waals surface area contributed by atoms with Crippen molar-refractivity contribution >= 4 is 54.3 Å². The topological polar surface area (TPSA) is 13.1 Å². The Morgan fingerprint density at radius 1 is 0.455 bits per heavy atom. The summed E-state index contributed by atoms with van der Waals surface area (Å²) in [5, 5.41) is 10.2. The van der Waals surface area contributed by atoms with Crippen LogP contribution in [0.3, 0.4) is 0 Å². The van der Waals surface area contributed by atoms with Gasteiger partial charge in [0, 0.05) is 21.8 Å². The lowest BCUT2D eigenvalue weighted by Crippen LogP contribution is -2.15. The van der Waals surface area contributed by atoms with Crippen LogP contribution >= 0.6 is 0 Å². The average Bonchev–Trinajstić information content (AvgIpc) is 3.56. The van der Waals surface area contributed by atoms with Crippen LogP contribution in [0.4, 0.5) is 0 Å². The molecule has 1 heteroatoms. The molecule has 1 aliphatic rings. The van der Waals surface area contributed by atoms with Crippen molar-refractivity contribution in [1.82, 2.24) is 0 Å². The fourth-order valence-corrected chi connectivity index (χ4v) is 8.25. The van der Waals surface area contributed by atoms with Crippen LogP contribution in [0.2, 0.25) is 0 Å². The molecular formula is C43H28O. The summed E-state index contributed by atoms with van der Waals surface area (Å²) in [5.41, 5.74) is 12.0. The summed E-state index contributed by atoms with van der Waals surface area (Å²) in [6.45, 7) is 4.68. The van der Waals surface area contributed by atoms with Gasteiger partial charge in [-0.25, -0.2) is 0 Å². The molecule has 1 aromatic heterocycles. The summed E-state index contributed by atoms with van der Waals surface area (Å²) in [6.07, 6.45) is 0. The van der Waals surface area contributed by atoms with Crippen molar-refractivity contribution in [2.24, 2.45) is 0 Å². The molecule has 0 aliphatic heterocycles. The van der Waals surface area contributed by atoms with Gasteiger partial charge in [-0.2, -0.15) is 0 Å². The Morgan fingerprint density at radius 2 is 1.09 bits per heavy atom. The summed E-state index contributed by atoms with van der Waals surface area (Å²) in [7, 11) is 0. The SMILES string of the molecule is CC1(C)c2ccccc2-c2cc(-c3ccc4ccc5c(-c6ccccc6)ccc6ccc3c4c65)c3c(oc4ccccc43)c21. The third-order valence-electron chi connectivity index (χ3n) is 10.2. The van der Waals surface area contributed by atoms with Crippen LogP contribution < -0.4 is 0 Å². The minimum atomic E-state index is -0.160. The molecular weight excluding hydrogens is 532 g/mol. The Balaban J connectivity index is 1.36. The maximum Gasteiger partial charge on any atom is 0.140 e. The van der Waals surface area contributed by atoms with E-state index < -0.39 is 0 Å². The molecule has 0 saturated carbocycles. The summed E-state index contributed by atoms with van der Waals surface area (Å²) in [5.74, 6) is 0. The Hall–Kier alpha value is -5.40. The van der Waals surface area contributed by atoms with Crippen LogP contribution in [-0.4, -0.2) is 0 Å². The molecule has 1 nitrogen and oxygen atoms in total. The van der Waals surface area contributed by atoms with E-state index in [0.29, 0.717) is 0 Å². The second kappa shape index (κ2) is 8.36. The van der Waals surface area contributed by atoms with Gasteiger partial charge in [0.1, 0.15) is 11.2 Å². The van der Waals surface area contributed by atoms with Crippen molar-refractivity contribution in [2.75, 3.05) is 0 Å². The van der Waals surface area contributed by atoms with Crippen molar-refractivity contribution < 1.29 is 4.42 Å². The first-order valence-corrected chi connectivity index (χ1v) is 15.4. The summed E-state index contributed by atoms with van der Waals surface area (Å²) >= 11 is 0. The van der Waals surface area contributed by atoms with Crippen LogP contribution in [0.25, 0.3) is 87.6 Å². The fraction of sp³-hybridized carbons (Fsp3) is 0.0698. The van der Waals surface area contributed by atoms with E-state index in [9.17, 15) is 0 Å². The zero-order valence-corrected chi connectivity index (χ0v) is 24.6. The number of fused-ring (bicyclic) bond motifs is 7. The highest BCUT2D eigenvalue weighted by Gasteiger charge is 2.39. The van der Waals surface area contributed by atoms with Crippen molar-refractivity contribution in [3.8, 4) is 33.4 Å². The quantitative estimate of drug-likeness (QED) is 0.192. The van der Waals surface area contributed by atoms with E-state index in [0.717, 1.165) is 11.2 Å². The van der Waals surface area contributed by atoms with Gasteiger partial charge in [-0.05, 0) is 83.4 Å². The first kappa shape index (κ1) is 24.1. The van der Waals surface area contributed by atoms with Gasteiger partial charge in [-0.1, -0.05) is 135 Å². The lowest BCUT2D eigenvalue weighted by atomic mass is 9.80. The number of hydrogen-bond donors (Lipinski definition) is 0. The lowest BCUT2D eigenvalue weighted by Gasteiger charge is -2.22. The standard InChI is InChI=1S/C43H28O/c1-43(2)36-14-8-6-12-30(36)35-24-34(40-33-13-7-9-15-37(33)44-42(40)41(35)43)29-21-17-27-18-22-31-28(25-10-4-3-5-11-25)20-16-26-19-23-32(29)39(27)38(26)31/h3-24H,1-2H3. The van der Waals surface area contributed by atoms with Gasteiger partial charge in [-0.3, -0.25) is 0 Å². The zero-order valence-electron chi connectivity index (χ0n) is 24.6. The molecule has 0 N–H and O–H groups in total. The molecule has 8 aromatic carbocycles. The molecule has 0 spiro atoms. The van der Waals surface area contributed by atoms with E-state index in [1.165, 1.54) is 87.6 Å². The minimum absolute atomic E-state index is 0.160. The van der Waals surface area contributed by atoms with E-state index in [1.807, 2.05) is 0 Å². The van der Waals surface area contributed by atoms with Gasteiger partial charge in [0.2, 0.25) is 0 Å². The molecule has 0 radical (unpaired) electrons. The number of furan rings is 1. The molecule has 206 valence electrons. The van der Waals surface area contributed by atoms with Gasteiger partial charge in [0.25, 0.3) is 0 Å². The maximum absolute atomic E-state index is 6.81. The maximum atomic E-state index is 6.81. The summed E-state index contributed by atoms with van der Waals surface area (Å²) < 4.78 is 6.81. The van der Waals surface area contributed by atoms with Gasteiger partial charge in [0.05, 0.1) is 0 Å². The highest BCUT2D eigenvalue weighted by molar-refractivity contribution is 6.29. The smallest absolute Gasteiger partial charge is 0.140 e. The predicted molar refractivity (Wildman–Crippen MR) is 186 cm³/mol. The molecule has 0 amide bonds. The molecule has 44 heavy (non-hydrogen) atoms. The highest BCUT2D eigenvalue weighted by Crippen LogP contribution is 2.55. The molecule has 0 bridgehead atoms.